The Labute approximate surface area is 153 Å². The van der Waals surface area contributed by atoms with Crippen LogP contribution in [0.1, 0.15) is 23.8 Å². The lowest BCUT2D eigenvalue weighted by Crippen LogP contribution is -2.12. The molecule has 0 amide bonds. The molecule has 26 heavy (non-hydrogen) atoms. The quantitative estimate of drug-likeness (QED) is 0.421. The number of aryl methyl sites for hydroxylation is 1. The molecule has 0 radical (unpaired) electrons. The fourth-order valence-electron chi connectivity index (χ4n) is 2.46. The van der Waals surface area contributed by atoms with E-state index in [1.54, 1.807) is 6.26 Å². The molecule has 0 fully saturated rings. The number of hydrogen-bond acceptors (Lipinski definition) is 8. The van der Waals surface area contributed by atoms with Gasteiger partial charge in [-0.2, -0.15) is 0 Å². The van der Waals surface area contributed by atoms with Crippen molar-refractivity contribution in [2.75, 3.05) is 5.84 Å². The summed E-state index contributed by atoms with van der Waals surface area (Å²) in [6, 6.07) is 11.4. The van der Waals surface area contributed by atoms with Crippen LogP contribution in [-0.2, 0) is 0 Å². The number of hydrogen-bond donors (Lipinski definition) is 1. The van der Waals surface area contributed by atoms with Gasteiger partial charge in [0.1, 0.15) is 5.76 Å². The summed E-state index contributed by atoms with van der Waals surface area (Å²) in [7, 11) is 0. The molecule has 1 unspecified atom stereocenters. The van der Waals surface area contributed by atoms with Gasteiger partial charge in [0, 0.05) is 5.56 Å². The molecule has 0 spiro atoms. The summed E-state index contributed by atoms with van der Waals surface area (Å²) in [5, 5.41) is 17.0. The molecular weight excluding hydrogens is 352 g/mol. The topological polar surface area (TPSA) is 109 Å². The van der Waals surface area contributed by atoms with Crippen molar-refractivity contribution in [3.05, 3.63) is 54.3 Å². The molecule has 0 bridgehead atoms. The first-order chi connectivity index (χ1) is 12.6. The second kappa shape index (κ2) is 6.68. The minimum atomic E-state index is -0.134. The number of nitrogens with two attached hydrogens (primary N) is 1. The number of nitrogens with zero attached hydrogens (tertiary/aromatic N) is 5. The Kier molecular flexibility index (Phi) is 4.21. The van der Waals surface area contributed by atoms with Crippen LogP contribution in [0.2, 0.25) is 0 Å². The van der Waals surface area contributed by atoms with E-state index in [9.17, 15) is 0 Å². The zero-order chi connectivity index (χ0) is 18.1. The van der Waals surface area contributed by atoms with Crippen molar-refractivity contribution in [1.82, 2.24) is 25.1 Å². The Morgan fingerprint density at radius 1 is 1.08 bits per heavy atom. The molecule has 0 aliphatic carbocycles. The van der Waals surface area contributed by atoms with Crippen molar-refractivity contribution in [3.8, 4) is 22.8 Å². The summed E-state index contributed by atoms with van der Waals surface area (Å²) < 4.78 is 12.5. The zero-order valence-electron chi connectivity index (χ0n) is 14.2. The van der Waals surface area contributed by atoms with Crippen LogP contribution in [0.5, 0.6) is 0 Å². The molecule has 0 saturated heterocycles. The van der Waals surface area contributed by atoms with Gasteiger partial charge in [0.25, 0.3) is 0 Å². The van der Waals surface area contributed by atoms with Crippen molar-refractivity contribution < 1.29 is 8.83 Å². The maximum absolute atomic E-state index is 6.15. The second-order valence-corrected chi connectivity index (χ2v) is 6.95. The molecular formula is C17H16N6O2S. The molecule has 132 valence electrons. The SMILES string of the molecule is Cc1occc1-c1nnc(SC(C)c2nnc(-c3ccccc3)o2)n1N. The van der Waals surface area contributed by atoms with Crippen molar-refractivity contribution in [1.29, 1.82) is 0 Å². The Hall–Kier alpha value is -3.07. The third kappa shape index (κ3) is 2.97. The summed E-state index contributed by atoms with van der Waals surface area (Å²) in [5.74, 6) is 8.41. The highest BCUT2D eigenvalue weighted by Crippen LogP contribution is 2.35. The van der Waals surface area contributed by atoms with Crippen molar-refractivity contribution in [2.24, 2.45) is 0 Å². The van der Waals surface area contributed by atoms with E-state index in [1.807, 2.05) is 50.2 Å². The number of nitrogen functional groups attached to an aromatic ring is 1. The molecule has 4 rings (SSSR count). The number of benzene rings is 1. The fraction of sp³-hybridized carbons (Fsp3) is 0.176. The highest BCUT2D eigenvalue weighted by molar-refractivity contribution is 7.99. The third-order valence-corrected chi connectivity index (χ3v) is 4.90. The van der Waals surface area contributed by atoms with Crippen LogP contribution >= 0.6 is 11.8 Å². The van der Waals surface area contributed by atoms with E-state index < -0.39 is 0 Å². The Morgan fingerprint density at radius 3 is 2.62 bits per heavy atom. The van der Waals surface area contributed by atoms with Gasteiger partial charge >= 0.3 is 0 Å². The first-order valence-corrected chi connectivity index (χ1v) is 8.82. The highest BCUT2D eigenvalue weighted by Gasteiger charge is 2.21. The van der Waals surface area contributed by atoms with Gasteiger partial charge in [-0.15, -0.1) is 20.4 Å². The molecule has 0 aliphatic heterocycles. The minimum absolute atomic E-state index is 0.134. The standard InChI is InChI=1S/C17H16N6O2S/c1-10-13(8-9-24-10)14-19-22-17(23(14)18)26-11(2)15-20-21-16(25-15)12-6-4-3-5-7-12/h3-9,11H,18H2,1-2H3. The highest BCUT2D eigenvalue weighted by atomic mass is 32.2. The van der Waals surface area contributed by atoms with Crippen molar-refractivity contribution in [3.63, 3.8) is 0 Å². The van der Waals surface area contributed by atoms with Gasteiger partial charge in [-0.05, 0) is 32.0 Å². The van der Waals surface area contributed by atoms with Gasteiger partial charge in [0.15, 0.2) is 5.82 Å². The monoisotopic (exact) mass is 368 g/mol. The predicted molar refractivity (Wildman–Crippen MR) is 96.6 cm³/mol. The number of thioether (sulfide) groups is 1. The van der Waals surface area contributed by atoms with E-state index in [1.165, 1.54) is 16.4 Å². The third-order valence-electron chi connectivity index (χ3n) is 3.86. The van der Waals surface area contributed by atoms with Crippen LogP contribution in [-0.4, -0.2) is 25.1 Å². The summed E-state index contributed by atoms with van der Waals surface area (Å²) >= 11 is 1.39. The predicted octanol–water partition coefficient (Wildman–Crippen LogP) is 3.46. The molecule has 1 aromatic carbocycles. The van der Waals surface area contributed by atoms with E-state index >= 15 is 0 Å². The van der Waals surface area contributed by atoms with Crippen LogP contribution in [0, 0.1) is 6.92 Å². The molecule has 1 atom stereocenters. The largest absolute Gasteiger partial charge is 0.469 e. The molecule has 9 heteroatoms. The normalized spacial score (nSPS) is 12.4. The van der Waals surface area contributed by atoms with Crippen LogP contribution in [0.4, 0.5) is 0 Å². The molecule has 0 saturated carbocycles. The van der Waals surface area contributed by atoms with Crippen LogP contribution in [0.25, 0.3) is 22.8 Å². The van der Waals surface area contributed by atoms with Gasteiger partial charge < -0.3 is 14.7 Å². The van der Waals surface area contributed by atoms with Gasteiger partial charge in [-0.3, -0.25) is 0 Å². The average Bonchev–Trinajstić information content (AvgIpc) is 3.37. The zero-order valence-corrected chi connectivity index (χ0v) is 15.0. The molecule has 3 aromatic heterocycles. The molecule has 3 heterocycles. The van der Waals surface area contributed by atoms with Crippen LogP contribution in [0.15, 0.2) is 56.7 Å². The first-order valence-electron chi connectivity index (χ1n) is 7.94. The van der Waals surface area contributed by atoms with Gasteiger partial charge in [-0.25, -0.2) is 4.68 Å². The number of aromatic nitrogens is 5. The average molecular weight is 368 g/mol. The van der Waals surface area contributed by atoms with E-state index in [0.29, 0.717) is 22.8 Å². The molecule has 4 aromatic rings. The van der Waals surface area contributed by atoms with Gasteiger partial charge in [-0.1, -0.05) is 30.0 Å². The fourth-order valence-corrected chi connectivity index (χ4v) is 3.26. The Balaban J connectivity index is 1.54. The second-order valence-electron chi connectivity index (χ2n) is 5.64. The minimum Gasteiger partial charge on any atom is -0.469 e. The maximum atomic E-state index is 6.15. The van der Waals surface area contributed by atoms with Crippen LogP contribution in [0.3, 0.4) is 0 Å². The Bertz CT molecular complexity index is 1020. The molecule has 8 nitrogen and oxygen atoms in total. The van der Waals surface area contributed by atoms with E-state index in [0.717, 1.165) is 16.9 Å². The number of furan rings is 1. The summed E-state index contributed by atoms with van der Waals surface area (Å²) in [6.45, 7) is 3.80. The summed E-state index contributed by atoms with van der Waals surface area (Å²) in [6.07, 6.45) is 1.60. The van der Waals surface area contributed by atoms with Crippen molar-refractivity contribution in [2.45, 2.75) is 24.3 Å². The van der Waals surface area contributed by atoms with Crippen molar-refractivity contribution >= 4 is 11.8 Å². The van der Waals surface area contributed by atoms with Gasteiger partial charge in [0.05, 0.1) is 17.1 Å². The van der Waals surface area contributed by atoms with Crippen LogP contribution < -0.4 is 5.84 Å². The van der Waals surface area contributed by atoms with E-state index in [2.05, 4.69) is 20.4 Å². The maximum Gasteiger partial charge on any atom is 0.247 e. The Morgan fingerprint density at radius 2 is 1.88 bits per heavy atom. The van der Waals surface area contributed by atoms with E-state index in [-0.39, 0.29) is 5.25 Å². The number of rotatable bonds is 5. The summed E-state index contributed by atoms with van der Waals surface area (Å²) in [4.78, 5) is 0. The van der Waals surface area contributed by atoms with Gasteiger partial charge in [0.2, 0.25) is 16.9 Å². The molecule has 2 N–H and O–H groups in total. The lowest BCUT2D eigenvalue weighted by molar-refractivity contribution is 0.509. The van der Waals surface area contributed by atoms with E-state index in [4.69, 9.17) is 14.7 Å². The molecule has 0 aliphatic rings. The lowest BCUT2D eigenvalue weighted by Gasteiger charge is -2.06. The first kappa shape index (κ1) is 16.4. The summed E-state index contributed by atoms with van der Waals surface area (Å²) in [5.41, 5.74) is 1.69. The lowest BCUT2D eigenvalue weighted by atomic mass is 10.2. The smallest absolute Gasteiger partial charge is 0.247 e.